The maximum Gasteiger partial charge on any atom is 0.208 e. The molecule has 3 aromatic rings. The minimum atomic E-state index is 0.647. The van der Waals surface area contributed by atoms with Crippen molar-refractivity contribution in [2.75, 3.05) is 5.32 Å². The number of H-pyrrole nitrogens is 1. The number of nitrogens with one attached hydrogen (secondary N) is 2. The number of nitrogens with zero attached hydrogens (tertiary/aromatic N) is 2. The molecule has 2 N–H and O–H groups in total. The number of benzene rings is 1. The molecule has 90 valence electrons. The van der Waals surface area contributed by atoms with Crippen molar-refractivity contribution in [2.45, 2.75) is 0 Å². The second-order valence-electron chi connectivity index (χ2n) is 3.57. The fraction of sp³-hybridized carbons (Fsp3) is 0. The molecule has 0 spiro atoms. The van der Waals surface area contributed by atoms with Crippen LogP contribution in [-0.4, -0.2) is 15.2 Å². The predicted molar refractivity (Wildman–Crippen MR) is 80.0 cm³/mol. The molecule has 0 aliphatic rings. The summed E-state index contributed by atoms with van der Waals surface area (Å²) in [7, 11) is 0. The molecule has 2 heterocycles. The van der Waals surface area contributed by atoms with Gasteiger partial charge >= 0.3 is 0 Å². The highest BCUT2D eigenvalue weighted by Crippen LogP contribution is 2.27. The summed E-state index contributed by atoms with van der Waals surface area (Å²) < 4.78 is 1.61. The lowest BCUT2D eigenvalue weighted by atomic mass is 10.2. The van der Waals surface area contributed by atoms with Crippen molar-refractivity contribution >= 4 is 61.2 Å². The molecule has 18 heavy (non-hydrogen) atoms. The van der Waals surface area contributed by atoms with Crippen LogP contribution in [-0.2, 0) is 0 Å². The number of rotatable bonds is 2. The SMILES string of the molecule is S=c1[nH]nc(Nc2cccc3cc(Br)cnc23)s1. The molecular weight excluding hydrogens is 332 g/mol. The number of para-hydroxylation sites is 1. The third-order valence-electron chi connectivity index (χ3n) is 2.36. The van der Waals surface area contributed by atoms with Crippen molar-refractivity contribution < 1.29 is 0 Å². The van der Waals surface area contributed by atoms with E-state index >= 15 is 0 Å². The van der Waals surface area contributed by atoms with Gasteiger partial charge in [0.25, 0.3) is 0 Å². The summed E-state index contributed by atoms with van der Waals surface area (Å²) in [5.74, 6) is 0. The van der Waals surface area contributed by atoms with Crippen LogP contribution in [0.3, 0.4) is 0 Å². The zero-order valence-electron chi connectivity index (χ0n) is 8.98. The van der Waals surface area contributed by atoms with E-state index in [4.69, 9.17) is 12.2 Å². The van der Waals surface area contributed by atoms with Gasteiger partial charge in [0.15, 0.2) is 3.95 Å². The monoisotopic (exact) mass is 338 g/mol. The minimum absolute atomic E-state index is 0.647. The highest BCUT2D eigenvalue weighted by molar-refractivity contribution is 9.10. The quantitative estimate of drug-likeness (QED) is 0.685. The van der Waals surface area contributed by atoms with Gasteiger partial charge in [-0.25, -0.2) is 0 Å². The molecule has 0 fully saturated rings. The Bertz CT molecular complexity index is 765. The molecule has 0 saturated carbocycles. The van der Waals surface area contributed by atoms with Crippen LogP contribution in [0.25, 0.3) is 10.9 Å². The Hall–Kier alpha value is -1.31. The number of hydrogen-bond acceptors (Lipinski definition) is 5. The van der Waals surface area contributed by atoms with Gasteiger partial charge in [-0.15, -0.1) is 5.10 Å². The zero-order chi connectivity index (χ0) is 12.5. The molecule has 0 radical (unpaired) electrons. The first kappa shape index (κ1) is 11.8. The average Bonchev–Trinajstić information content (AvgIpc) is 2.75. The van der Waals surface area contributed by atoms with Crippen LogP contribution in [0.15, 0.2) is 34.9 Å². The van der Waals surface area contributed by atoms with Crippen molar-refractivity contribution in [1.82, 2.24) is 15.2 Å². The predicted octanol–water partition coefficient (Wildman–Crippen LogP) is 4.25. The number of anilines is 2. The second-order valence-corrected chi connectivity index (χ2v) is 6.16. The molecule has 2 aromatic heterocycles. The van der Waals surface area contributed by atoms with Gasteiger partial charge in [-0.05, 0) is 40.3 Å². The smallest absolute Gasteiger partial charge is 0.208 e. The number of fused-ring (bicyclic) bond motifs is 1. The van der Waals surface area contributed by atoms with Gasteiger partial charge in [-0.1, -0.05) is 23.5 Å². The van der Waals surface area contributed by atoms with Crippen LogP contribution in [0.4, 0.5) is 10.8 Å². The number of pyridine rings is 1. The van der Waals surface area contributed by atoms with E-state index in [0.717, 1.165) is 26.2 Å². The number of hydrogen-bond donors (Lipinski definition) is 2. The molecule has 0 saturated heterocycles. The van der Waals surface area contributed by atoms with Crippen molar-refractivity contribution in [3.8, 4) is 0 Å². The lowest BCUT2D eigenvalue weighted by Gasteiger charge is -2.06. The van der Waals surface area contributed by atoms with Gasteiger partial charge < -0.3 is 5.32 Å². The number of halogens is 1. The van der Waals surface area contributed by atoms with Gasteiger partial charge in [0.2, 0.25) is 5.13 Å². The normalized spacial score (nSPS) is 10.7. The van der Waals surface area contributed by atoms with Crippen molar-refractivity contribution in [3.63, 3.8) is 0 Å². The number of aromatic nitrogens is 3. The third kappa shape index (κ3) is 2.29. The van der Waals surface area contributed by atoms with E-state index in [0.29, 0.717) is 3.95 Å². The Morgan fingerprint density at radius 2 is 2.28 bits per heavy atom. The molecule has 0 atom stereocenters. The molecule has 1 aromatic carbocycles. The van der Waals surface area contributed by atoms with Crippen molar-refractivity contribution in [2.24, 2.45) is 0 Å². The first-order valence-corrected chi connectivity index (χ1v) is 7.11. The van der Waals surface area contributed by atoms with Crippen LogP contribution in [0, 0.1) is 3.95 Å². The van der Waals surface area contributed by atoms with Gasteiger partial charge in [0.1, 0.15) is 0 Å². The topological polar surface area (TPSA) is 53.6 Å². The fourth-order valence-corrected chi connectivity index (χ4v) is 2.78. The Morgan fingerprint density at radius 3 is 3.06 bits per heavy atom. The molecule has 0 aliphatic heterocycles. The fourth-order valence-electron chi connectivity index (χ4n) is 1.63. The van der Waals surface area contributed by atoms with Crippen LogP contribution < -0.4 is 5.32 Å². The summed E-state index contributed by atoms with van der Waals surface area (Å²) in [6.45, 7) is 0. The van der Waals surface area contributed by atoms with E-state index in [2.05, 4.69) is 36.4 Å². The van der Waals surface area contributed by atoms with Crippen LogP contribution in [0.5, 0.6) is 0 Å². The van der Waals surface area contributed by atoms with Crippen LogP contribution in [0.1, 0.15) is 0 Å². The summed E-state index contributed by atoms with van der Waals surface area (Å²) in [6, 6.07) is 7.99. The Kier molecular flexibility index (Phi) is 3.11. The average molecular weight is 339 g/mol. The summed E-state index contributed by atoms with van der Waals surface area (Å²) in [5, 5.41) is 11.8. The van der Waals surface area contributed by atoms with E-state index in [-0.39, 0.29) is 0 Å². The minimum Gasteiger partial charge on any atom is -0.328 e. The lowest BCUT2D eigenvalue weighted by Crippen LogP contribution is -1.92. The summed E-state index contributed by atoms with van der Waals surface area (Å²) >= 11 is 9.81. The van der Waals surface area contributed by atoms with Gasteiger partial charge in [0.05, 0.1) is 11.2 Å². The first-order chi connectivity index (χ1) is 8.72. The Morgan fingerprint density at radius 1 is 1.39 bits per heavy atom. The van der Waals surface area contributed by atoms with Crippen molar-refractivity contribution in [1.29, 1.82) is 0 Å². The highest BCUT2D eigenvalue weighted by Gasteiger charge is 2.05. The summed E-state index contributed by atoms with van der Waals surface area (Å²) in [6.07, 6.45) is 1.78. The summed E-state index contributed by atoms with van der Waals surface area (Å²) in [4.78, 5) is 4.41. The number of aromatic amines is 1. The largest absolute Gasteiger partial charge is 0.328 e. The molecular formula is C11H7BrN4S2. The van der Waals surface area contributed by atoms with Gasteiger partial charge in [-0.2, -0.15) is 0 Å². The van der Waals surface area contributed by atoms with E-state index in [1.165, 1.54) is 11.3 Å². The highest BCUT2D eigenvalue weighted by atomic mass is 79.9. The third-order valence-corrected chi connectivity index (χ3v) is 3.80. The molecule has 0 amide bonds. The van der Waals surface area contributed by atoms with E-state index < -0.39 is 0 Å². The van der Waals surface area contributed by atoms with E-state index in [9.17, 15) is 0 Å². The molecule has 0 bridgehead atoms. The van der Waals surface area contributed by atoms with Crippen LogP contribution in [0.2, 0.25) is 0 Å². The molecule has 0 aliphatic carbocycles. The molecule has 0 unspecified atom stereocenters. The maximum atomic E-state index is 5.00. The Labute approximate surface area is 120 Å². The van der Waals surface area contributed by atoms with Crippen LogP contribution >= 0.6 is 39.5 Å². The maximum absolute atomic E-state index is 5.00. The zero-order valence-corrected chi connectivity index (χ0v) is 12.2. The van der Waals surface area contributed by atoms with E-state index in [1.807, 2.05) is 24.3 Å². The standard InChI is InChI=1S/C11H7BrN4S2/c12-7-4-6-2-1-3-8(9(6)13-5-7)14-10-15-16-11(17)18-10/h1-5H,(H,14,15)(H,16,17). The molecule has 4 nitrogen and oxygen atoms in total. The van der Waals surface area contributed by atoms with E-state index in [1.54, 1.807) is 6.20 Å². The first-order valence-electron chi connectivity index (χ1n) is 5.09. The van der Waals surface area contributed by atoms with Crippen molar-refractivity contribution in [3.05, 3.63) is 38.9 Å². The molecule has 7 heteroatoms. The molecule has 3 rings (SSSR count). The van der Waals surface area contributed by atoms with Gasteiger partial charge in [-0.3, -0.25) is 10.1 Å². The second kappa shape index (κ2) is 4.75. The van der Waals surface area contributed by atoms with Gasteiger partial charge in [0, 0.05) is 16.1 Å². The lowest BCUT2D eigenvalue weighted by molar-refractivity contribution is 1.08. The summed E-state index contributed by atoms with van der Waals surface area (Å²) in [5.41, 5.74) is 1.82. The Balaban J connectivity index is 2.09.